The van der Waals surface area contributed by atoms with E-state index in [9.17, 15) is 4.79 Å². The van der Waals surface area contributed by atoms with Crippen molar-refractivity contribution < 1.29 is 9.53 Å². The second kappa shape index (κ2) is 7.70. The summed E-state index contributed by atoms with van der Waals surface area (Å²) in [6.45, 7) is 6.55. The molecule has 0 aliphatic carbocycles. The van der Waals surface area contributed by atoms with Gasteiger partial charge in [-0.2, -0.15) is 0 Å². The lowest BCUT2D eigenvalue weighted by atomic mass is 10.2. The number of fused-ring (bicyclic) bond motifs is 1. The Morgan fingerprint density at radius 1 is 1.19 bits per heavy atom. The smallest absolute Gasteiger partial charge is 0.239 e. The molecular formula is C19H22N4O2S. The minimum atomic E-state index is -0.107. The lowest BCUT2D eigenvalue weighted by molar-refractivity contribution is -0.119. The first-order chi connectivity index (χ1) is 12.5. The van der Waals surface area contributed by atoms with Crippen molar-refractivity contribution >= 4 is 33.3 Å². The minimum absolute atomic E-state index is 0.107. The first kappa shape index (κ1) is 18.1. The first-order valence-electron chi connectivity index (χ1n) is 8.36. The fourth-order valence-corrected chi connectivity index (χ4v) is 3.83. The van der Waals surface area contributed by atoms with E-state index in [0.717, 1.165) is 27.1 Å². The number of ether oxygens (including phenoxy) is 1. The average molecular weight is 370 g/mol. The Morgan fingerprint density at radius 2 is 1.96 bits per heavy atom. The highest BCUT2D eigenvalue weighted by atomic mass is 32.1. The van der Waals surface area contributed by atoms with Crippen molar-refractivity contribution in [3.63, 3.8) is 0 Å². The van der Waals surface area contributed by atoms with E-state index in [2.05, 4.69) is 34.4 Å². The van der Waals surface area contributed by atoms with Crippen LogP contribution in [0.2, 0.25) is 0 Å². The molecule has 0 saturated heterocycles. The molecule has 1 aromatic carbocycles. The van der Waals surface area contributed by atoms with Gasteiger partial charge in [0.05, 0.1) is 19.0 Å². The third kappa shape index (κ3) is 3.77. The monoisotopic (exact) mass is 370 g/mol. The quantitative estimate of drug-likeness (QED) is 0.696. The average Bonchev–Trinajstić information content (AvgIpc) is 2.91. The maximum atomic E-state index is 12.2. The van der Waals surface area contributed by atoms with E-state index in [1.165, 1.54) is 4.88 Å². The van der Waals surface area contributed by atoms with Crippen LogP contribution < -0.4 is 15.4 Å². The lowest BCUT2D eigenvalue weighted by Gasteiger charge is -2.11. The van der Waals surface area contributed by atoms with Gasteiger partial charge in [-0.3, -0.25) is 4.79 Å². The van der Waals surface area contributed by atoms with Gasteiger partial charge in [0.15, 0.2) is 0 Å². The van der Waals surface area contributed by atoms with Gasteiger partial charge in [-0.15, -0.1) is 11.3 Å². The van der Waals surface area contributed by atoms with Crippen LogP contribution in [-0.4, -0.2) is 29.5 Å². The molecule has 0 atom stereocenters. The van der Waals surface area contributed by atoms with Gasteiger partial charge in [0.25, 0.3) is 0 Å². The van der Waals surface area contributed by atoms with Gasteiger partial charge in [0.2, 0.25) is 5.91 Å². The minimum Gasteiger partial charge on any atom is -0.496 e. The number of anilines is 1. The summed E-state index contributed by atoms with van der Waals surface area (Å²) < 4.78 is 5.30. The number of aryl methyl sites for hydroxylation is 3. The van der Waals surface area contributed by atoms with Gasteiger partial charge in [-0.1, -0.05) is 18.2 Å². The molecule has 0 aliphatic heterocycles. The summed E-state index contributed by atoms with van der Waals surface area (Å²) in [4.78, 5) is 23.4. The van der Waals surface area contributed by atoms with Crippen LogP contribution in [0.3, 0.4) is 0 Å². The fourth-order valence-electron chi connectivity index (χ4n) is 2.75. The summed E-state index contributed by atoms with van der Waals surface area (Å²) in [7, 11) is 1.62. The Bertz CT molecular complexity index is 952. The second-order valence-corrected chi connectivity index (χ2v) is 7.23. The number of benzene rings is 1. The summed E-state index contributed by atoms with van der Waals surface area (Å²) in [5.74, 6) is 2.06. The molecule has 0 saturated carbocycles. The molecule has 2 heterocycles. The summed E-state index contributed by atoms with van der Waals surface area (Å²) in [5.41, 5.74) is 2.09. The molecule has 136 valence electrons. The van der Waals surface area contributed by atoms with E-state index < -0.39 is 0 Å². The molecule has 0 bridgehead atoms. The molecule has 0 radical (unpaired) electrons. The van der Waals surface area contributed by atoms with Gasteiger partial charge in [0, 0.05) is 17.0 Å². The predicted molar refractivity (Wildman–Crippen MR) is 105 cm³/mol. The third-order valence-electron chi connectivity index (χ3n) is 4.23. The summed E-state index contributed by atoms with van der Waals surface area (Å²) in [5, 5.41) is 7.06. The molecule has 0 unspecified atom stereocenters. The normalized spacial score (nSPS) is 10.8. The van der Waals surface area contributed by atoms with Crippen molar-refractivity contribution in [2.45, 2.75) is 27.3 Å². The van der Waals surface area contributed by atoms with Crippen LogP contribution in [-0.2, 0) is 11.3 Å². The van der Waals surface area contributed by atoms with Gasteiger partial charge in [-0.05, 0) is 32.4 Å². The number of hydrogen-bond donors (Lipinski definition) is 2. The molecule has 2 N–H and O–H groups in total. The summed E-state index contributed by atoms with van der Waals surface area (Å²) in [6, 6.07) is 7.63. The van der Waals surface area contributed by atoms with Crippen molar-refractivity contribution in [2.24, 2.45) is 0 Å². The number of rotatable bonds is 6. The van der Waals surface area contributed by atoms with E-state index >= 15 is 0 Å². The van der Waals surface area contributed by atoms with Crippen LogP contribution in [0.5, 0.6) is 5.75 Å². The largest absolute Gasteiger partial charge is 0.496 e. The van der Waals surface area contributed by atoms with E-state index in [-0.39, 0.29) is 12.5 Å². The first-order valence-corrected chi connectivity index (χ1v) is 9.18. The van der Waals surface area contributed by atoms with Crippen molar-refractivity contribution in [3.8, 4) is 5.75 Å². The number of nitrogens with zero attached hydrogens (tertiary/aromatic N) is 2. The SMILES string of the molecule is COc1ccccc1CNC(=O)CNc1nc(C)nc2sc(C)c(C)c12. The predicted octanol–water partition coefficient (Wildman–Crippen LogP) is 3.35. The molecule has 3 aromatic rings. The van der Waals surface area contributed by atoms with Gasteiger partial charge in [0.1, 0.15) is 22.2 Å². The number of methoxy groups -OCH3 is 1. The molecular weight excluding hydrogens is 348 g/mol. The second-order valence-electron chi connectivity index (χ2n) is 6.02. The number of carbonyl (C=O) groups excluding carboxylic acids is 1. The Morgan fingerprint density at radius 3 is 2.73 bits per heavy atom. The molecule has 7 heteroatoms. The van der Waals surface area contributed by atoms with Crippen LogP contribution >= 0.6 is 11.3 Å². The topological polar surface area (TPSA) is 76.1 Å². The van der Waals surface area contributed by atoms with E-state index in [1.54, 1.807) is 18.4 Å². The zero-order chi connectivity index (χ0) is 18.7. The van der Waals surface area contributed by atoms with Gasteiger partial charge in [-0.25, -0.2) is 9.97 Å². The van der Waals surface area contributed by atoms with Crippen LogP contribution in [0, 0.1) is 20.8 Å². The molecule has 6 nitrogen and oxygen atoms in total. The summed E-state index contributed by atoms with van der Waals surface area (Å²) in [6.07, 6.45) is 0. The molecule has 3 rings (SSSR count). The Kier molecular flexibility index (Phi) is 5.37. The third-order valence-corrected chi connectivity index (χ3v) is 5.33. The number of para-hydroxylation sites is 1. The molecule has 2 aromatic heterocycles. The molecule has 0 aliphatic rings. The number of nitrogens with one attached hydrogen (secondary N) is 2. The van der Waals surface area contributed by atoms with E-state index in [1.807, 2.05) is 31.2 Å². The molecule has 26 heavy (non-hydrogen) atoms. The standard InChI is InChI=1S/C19H22N4O2S/c1-11-12(2)26-19-17(11)18(22-13(3)23-19)21-10-16(24)20-9-14-7-5-6-8-15(14)25-4/h5-8H,9-10H2,1-4H3,(H,20,24)(H,21,22,23). The highest BCUT2D eigenvalue weighted by Gasteiger charge is 2.14. The fraction of sp³-hybridized carbons (Fsp3) is 0.316. The van der Waals surface area contributed by atoms with Crippen LogP contribution in [0.1, 0.15) is 21.8 Å². The van der Waals surface area contributed by atoms with E-state index in [4.69, 9.17) is 4.74 Å². The Labute approximate surface area is 156 Å². The maximum Gasteiger partial charge on any atom is 0.239 e. The molecule has 1 amide bonds. The van der Waals surface area contributed by atoms with Crippen LogP contribution in [0.4, 0.5) is 5.82 Å². The van der Waals surface area contributed by atoms with Crippen molar-refractivity contribution in [3.05, 3.63) is 46.1 Å². The number of aromatic nitrogens is 2. The zero-order valence-electron chi connectivity index (χ0n) is 15.3. The lowest BCUT2D eigenvalue weighted by Crippen LogP contribution is -2.29. The van der Waals surface area contributed by atoms with Crippen molar-refractivity contribution in [2.75, 3.05) is 19.0 Å². The van der Waals surface area contributed by atoms with E-state index in [0.29, 0.717) is 18.2 Å². The van der Waals surface area contributed by atoms with Gasteiger partial charge < -0.3 is 15.4 Å². The highest BCUT2D eigenvalue weighted by molar-refractivity contribution is 7.18. The van der Waals surface area contributed by atoms with Gasteiger partial charge >= 0.3 is 0 Å². The molecule has 0 spiro atoms. The van der Waals surface area contributed by atoms with Crippen LogP contribution in [0.25, 0.3) is 10.2 Å². The number of thiophene rings is 1. The van der Waals surface area contributed by atoms with Crippen LogP contribution in [0.15, 0.2) is 24.3 Å². The number of amides is 1. The van der Waals surface area contributed by atoms with Crippen molar-refractivity contribution in [1.82, 2.24) is 15.3 Å². The Hall–Kier alpha value is -2.67. The molecule has 0 fully saturated rings. The highest BCUT2D eigenvalue weighted by Crippen LogP contribution is 2.33. The maximum absolute atomic E-state index is 12.2. The Balaban J connectivity index is 1.67. The summed E-state index contributed by atoms with van der Waals surface area (Å²) >= 11 is 1.65. The number of hydrogen-bond acceptors (Lipinski definition) is 6. The zero-order valence-corrected chi connectivity index (χ0v) is 16.2. The van der Waals surface area contributed by atoms with Crippen molar-refractivity contribution in [1.29, 1.82) is 0 Å². The number of carbonyl (C=O) groups is 1.